The lowest BCUT2D eigenvalue weighted by molar-refractivity contribution is -0.117. The number of benzene rings is 1. The van der Waals surface area contributed by atoms with Crippen LogP contribution in [0.25, 0.3) is 0 Å². The van der Waals surface area contributed by atoms with Gasteiger partial charge in [-0.15, -0.1) is 0 Å². The largest absolute Gasteiger partial charge is 0.494 e. The SMILES string of the molecule is COc1cc(N)ccc1NC(=O)CN1CCC(C)C1. The standard InChI is InChI=1S/C14H21N3O2/c1-10-5-6-17(8-10)9-14(18)16-12-4-3-11(15)7-13(12)19-2/h3-4,7,10H,5-6,8-9,15H2,1-2H3,(H,16,18). The first kappa shape index (κ1) is 13.7. The van der Waals surface area contributed by atoms with Crippen molar-refractivity contribution in [3.8, 4) is 5.75 Å². The number of carbonyl (C=O) groups is 1. The molecule has 1 amide bonds. The predicted molar refractivity (Wildman–Crippen MR) is 76.3 cm³/mol. The molecular weight excluding hydrogens is 242 g/mol. The molecule has 5 nitrogen and oxygen atoms in total. The lowest BCUT2D eigenvalue weighted by Gasteiger charge is -2.16. The number of methoxy groups -OCH3 is 1. The highest BCUT2D eigenvalue weighted by atomic mass is 16.5. The number of nitrogens with two attached hydrogens (primary N) is 1. The van der Waals surface area contributed by atoms with Gasteiger partial charge >= 0.3 is 0 Å². The average Bonchev–Trinajstić information content (AvgIpc) is 2.76. The molecule has 19 heavy (non-hydrogen) atoms. The van der Waals surface area contributed by atoms with Gasteiger partial charge in [-0.3, -0.25) is 9.69 Å². The number of nitrogen functional groups attached to an aromatic ring is 1. The van der Waals surface area contributed by atoms with Crippen LogP contribution >= 0.6 is 0 Å². The number of hydrogen-bond acceptors (Lipinski definition) is 4. The van der Waals surface area contributed by atoms with Crippen LogP contribution in [0, 0.1) is 5.92 Å². The Hall–Kier alpha value is -1.75. The van der Waals surface area contributed by atoms with Crippen LogP contribution in [-0.2, 0) is 4.79 Å². The third-order valence-electron chi connectivity index (χ3n) is 3.37. The number of carbonyl (C=O) groups excluding carboxylic acids is 1. The van der Waals surface area contributed by atoms with Gasteiger partial charge in [-0.2, -0.15) is 0 Å². The normalized spacial score (nSPS) is 19.4. The van der Waals surface area contributed by atoms with Crippen molar-refractivity contribution in [2.75, 3.05) is 37.8 Å². The molecule has 3 N–H and O–H groups in total. The maximum Gasteiger partial charge on any atom is 0.238 e. The van der Waals surface area contributed by atoms with Crippen LogP contribution in [0.3, 0.4) is 0 Å². The van der Waals surface area contributed by atoms with Gasteiger partial charge in [0.05, 0.1) is 19.3 Å². The number of nitrogens with one attached hydrogen (secondary N) is 1. The molecule has 1 unspecified atom stereocenters. The molecule has 1 fully saturated rings. The fourth-order valence-corrected chi connectivity index (χ4v) is 2.37. The van der Waals surface area contributed by atoms with Crippen molar-refractivity contribution < 1.29 is 9.53 Å². The van der Waals surface area contributed by atoms with Crippen LogP contribution in [0.1, 0.15) is 13.3 Å². The molecule has 0 spiro atoms. The minimum absolute atomic E-state index is 0.0165. The number of nitrogens with zero attached hydrogens (tertiary/aromatic N) is 1. The fourth-order valence-electron chi connectivity index (χ4n) is 2.37. The number of amides is 1. The van der Waals surface area contributed by atoms with Crippen molar-refractivity contribution in [3.05, 3.63) is 18.2 Å². The Bertz CT molecular complexity index is 462. The average molecular weight is 263 g/mol. The fraction of sp³-hybridized carbons (Fsp3) is 0.500. The highest BCUT2D eigenvalue weighted by Gasteiger charge is 2.21. The van der Waals surface area contributed by atoms with Gasteiger partial charge in [0, 0.05) is 18.3 Å². The summed E-state index contributed by atoms with van der Waals surface area (Å²) in [7, 11) is 1.56. The first-order valence-electron chi connectivity index (χ1n) is 6.54. The lowest BCUT2D eigenvalue weighted by Crippen LogP contribution is -2.31. The quantitative estimate of drug-likeness (QED) is 0.809. The Morgan fingerprint density at radius 2 is 2.37 bits per heavy atom. The molecule has 0 bridgehead atoms. The van der Waals surface area contributed by atoms with E-state index in [9.17, 15) is 4.79 Å². The monoisotopic (exact) mass is 263 g/mol. The summed E-state index contributed by atoms with van der Waals surface area (Å²) in [6.45, 7) is 4.62. The summed E-state index contributed by atoms with van der Waals surface area (Å²) in [6.07, 6.45) is 1.17. The van der Waals surface area contributed by atoms with Crippen LogP contribution in [0.5, 0.6) is 5.75 Å². The van der Waals surface area contributed by atoms with E-state index in [2.05, 4.69) is 17.1 Å². The Morgan fingerprint density at radius 3 is 3.00 bits per heavy atom. The molecule has 0 radical (unpaired) electrons. The van der Waals surface area contributed by atoms with Gasteiger partial charge in [0.15, 0.2) is 0 Å². The van der Waals surface area contributed by atoms with Gasteiger partial charge in [0.1, 0.15) is 5.75 Å². The van der Waals surface area contributed by atoms with Crippen molar-refractivity contribution in [1.82, 2.24) is 4.90 Å². The van der Waals surface area contributed by atoms with E-state index >= 15 is 0 Å². The molecule has 1 heterocycles. The van der Waals surface area contributed by atoms with E-state index in [-0.39, 0.29) is 5.91 Å². The molecule has 1 aromatic rings. The van der Waals surface area contributed by atoms with E-state index in [1.165, 1.54) is 6.42 Å². The summed E-state index contributed by atoms with van der Waals surface area (Å²) >= 11 is 0. The molecule has 0 aromatic heterocycles. The zero-order valence-corrected chi connectivity index (χ0v) is 11.5. The van der Waals surface area contributed by atoms with Crippen molar-refractivity contribution >= 4 is 17.3 Å². The van der Waals surface area contributed by atoms with Gasteiger partial charge < -0.3 is 15.8 Å². The summed E-state index contributed by atoms with van der Waals surface area (Å²) in [4.78, 5) is 14.2. The molecule has 104 valence electrons. The van der Waals surface area contributed by atoms with E-state index in [0.29, 0.717) is 29.6 Å². The minimum Gasteiger partial charge on any atom is -0.494 e. The first-order valence-corrected chi connectivity index (χ1v) is 6.54. The number of rotatable bonds is 4. The molecule has 1 aliphatic rings. The van der Waals surface area contributed by atoms with Crippen molar-refractivity contribution in [2.24, 2.45) is 5.92 Å². The van der Waals surface area contributed by atoms with Crippen LogP contribution in [-0.4, -0.2) is 37.6 Å². The van der Waals surface area contributed by atoms with Crippen molar-refractivity contribution in [1.29, 1.82) is 0 Å². The van der Waals surface area contributed by atoms with Crippen LogP contribution in [0.4, 0.5) is 11.4 Å². The summed E-state index contributed by atoms with van der Waals surface area (Å²) in [5.41, 5.74) is 6.96. The first-order chi connectivity index (χ1) is 9.08. The van der Waals surface area contributed by atoms with Gasteiger partial charge in [-0.05, 0) is 31.0 Å². The number of ether oxygens (including phenoxy) is 1. The highest BCUT2D eigenvalue weighted by molar-refractivity contribution is 5.94. The third kappa shape index (κ3) is 3.61. The third-order valence-corrected chi connectivity index (χ3v) is 3.37. The summed E-state index contributed by atoms with van der Waals surface area (Å²) in [5.74, 6) is 1.25. The molecule has 5 heteroatoms. The second-order valence-electron chi connectivity index (χ2n) is 5.14. The maximum atomic E-state index is 12.0. The zero-order chi connectivity index (χ0) is 13.8. The smallest absolute Gasteiger partial charge is 0.238 e. The molecule has 1 atom stereocenters. The predicted octanol–water partition coefficient (Wildman–Crippen LogP) is 1.56. The second-order valence-corrected chi connectivity index (χ2v) is 5.14. The molecule has 1 aromatic carbocycles. The van der Waals surface area contributed by atoms with Crippen molar-refractivity contribution in [3.63, 3.8) is 0 Å². The van der Waals surface area contributed by atoms with E-state index in [4.69, 9.17) is 10.5 Å². The Labute approximate surface area is 113 Å². The minimum atomic E-state index is -0.0165. The van der Waals surface area contributed by atoms with Gasteiger partial charge in [-0.25, -0.2) is 0 Å². The van der Waals surface area contributed by atoms with Crippen LogP contribution in [0.2, 0.25) is 0 Å². The molecule has 1 aliphatic heterocycles. The van der Waals surface area contributed by atoms with Crippen LogP contribution < -0.4 is 15.8 Å². The summed E-state index contributed by atoms with van der Waals surface area (Å²) in [5, 5.41) is 2.87. The topological polar surface area (TPSA) is 67.6 Å². The molecule has 1 saturated heterocycles. The van der Waals surface area contributed by atoms with Gasteiger partial charge in [0.2, 0.25) is 5.91 Å². The Balaban J connectivity index is 1.95. The van der Waals surface area contributed by atoms with E-state index in [1.807, 2.05) is 0 Å². The maximum absolute atomic E-state index is 12.0. The van der Waals surface area contributed by atoms with E-state index in [0.717, 1.165) is 13.1 Å². The van der Waals surface area contributed by atoms with Crippen LogP contribution in [0.15, 0.2) is 18.2 Å². The van der Waals surface area contributed by atoms with E-state index in [1.54, 1.807) is 25.3 Å². The second kappa shape index (κ2) is 5.93. The van der Waals surface area contributed by atoms with Gasteiger partial charge in [0.25, 0.3) is 0 Å². The molecule has 2 rings (SSSR count). The Kier molecular flexibility index (Phi) is 4.27. The van der Waals surface area contributed by atoms with E-state index < -0.39 is 0 Å². The zero-order valence-electron chi connectivity index (χ0n) is 11.5. The van der Waals surface area contributed by atoms with Crippen molar-refractivity contribution in [2.45, 2.75) is 13.3 Å². The number of anilines is 2. The molecule has 0 aliphatic carbocycles. The number of likely N-dealkylation sites (tertiary alicyclic amines) is 1. The summed E-state index contributed by atoms with van der Waals surface area (Å²) in [6, 6.07) is 5.21. The molecule has 0 saturated carbocycles. The summed E-state index contributed by atoms with van der Waals surface area (Å²) < 4.78 is 5.21. The Morgan fingerprint density at radius 1 is 1.58 bits per heavy atom. The molecular formula is C14H21N3O2. The number of hydrogen-bond donors (Lipinski definition) is 2. The van der Waals surface area contributed by atoms with Gasteiger partial charge in [-0.1, -0.05) is 6.92 Å². The lowest BCUT2D eigenvalue weighted by atomic mass is 10.2. The highest BCUT2D eigenvalue weighted by Crippen LogP contribution is 2.26.